The Bertz CT molecular complexity index is 155. The van der Waals surface area contributed by atoms with Crippen molar-refractivity contribution in [3.05, 3.63) is 0 Å². The van der Waals surface area contributed by atoms with Gasteiger partial charge in [0, 0.05) is 25.9 Å². The number of thioether (sulfide) groups is 1. The minimum Gasteiger partial charge on any atom is -0.348 e. The van der Waals surface area contributed by atoms with E-state index in [2.05, 4.69) is 5.32 Å². The lowest BCUT2D eigenvalue weighted by Crippen LogP contribution is -2.25. The lowest BCUT2D eigenvalue weighted by molar-refractivity contribution is -0.125. The molecule has 0 aromatic rings. The summed E-state index contributed by atoms with van der Waals surface area (Å²) in [5.41, 5.74) is 0. The monoisotopic (exact) mass is 188 g/mol. The molecule has 1 aliphatic rings. The van der Waals surface area contributed by atoms with Gasteiger partial charge in [0.25, 0.3) is 0 Å². The molecule has 70 valence electrons. The Morgan fingerprint density at radius 1 is 1.67 bits per heavy atom. The molecule has 0 aromatic carbocycles. The van der Waals surface area contributed by atoms with Gasteiger partial charge in [-0.15, -0.1) is 11.8 Å². The van der Waals surface area contributed by atoms with Crippen molar-refractivity contribution in [3.8, 4) is 0 Å². The second kappa shape index (κ2) is 4.72. The molecule has 4 heteroatoms. The second-order valence-corrected chi connectivity index (χ2v) is 4.50. The summed E-state index contributed by atoms with van der Waals surface area (Å²) in [6.45, 7) is 2.17. The first kappa shape index (κ1) is 9.86. The molecule has 1 N–H and O–H groups in total. The number of carbonyl (C=O) groups excluding carboxylic acids is 1. The van der Waals surface area contributed by atoms with E-state index in [9.17, 15) is 4.79 Å². The molecule has 1 heterocycles. The SMILES string of the molecule is CN(C)C(=O)CSC1CCNC1. The summed E-state index contributed by atoms with van der Waals surface area (Å²) in [6, 6.07) is 0. The number of rotatable bonds is 3. The summed E-state index contributed by atoms with van der Waals surface area (Å²) in [5.74, 6) is 0.839. The zero-order valence-corrected chi connectivity index (χ0v) is 8.49. The van der Waals surface area contributed by atoms with Crippen LogP contribution in [0.4, 0.5) is 0 Å². The molecule has 1 unspecified atom stereocenters. The molecule has 1 saturated heterocycles. The lowest BCUT2D eigenvalue weighted by Gasteiger charge is -2.11. The van der Waals surface area contributed by atoms with Crippen molar-refractivity contribution in [3.63, 3.8) is 0 Å². The van der Waals surface area contributed by atoms with Crippen LogP contribution in [0.1, 0.15) is 6.42 Å². The normalized spacial score (nSPS) is 22.7. The fraction of sp³-hybridized carbons (Fsp3) is 0.875. The Balaban J connectivity index is 2.12. The standard InChI is InChI=1S/C8H16N2OS/c1-10(2)8(11)6-12-7-3-4-9-5-7/h7,9H,3-6H2,1-2H3. The predicted molar refractivity (Wildman–Crippen MR) is 52.4 cm³/mol. The zero-order chi connectivity index (χ0) is 8.97. The molecule has 1 fully saturated rings. The summed E-state index contributed by atoms with van der Waals surface area (Å²) in [5, 5.41) is 3.93. The van der Waals surface area contributed by atoms with Gasteiger partial charge in [0.1, 0.15) is 0 Å². The fourth-order valence-electron chi connectivity index (χ4n) is 1.09. The van der Waals surface area contributed by atoms with Crippen molar-refractivity contribution >= 4 is 17.7 Å². The molecule has 0 bridgehead atoms. The fourth-order valence-corrected chi connectivity index (χ4v) is 2.25. The van der Waals surface area contributed by atoms with E-state index in [0.29, 0.717) is 11.0 Å². The van der Waals surface area contributed by atoms with E-state index in [-0.39, 0.29) is 5.91 Å². The average molecular weight is 188 g/mol. The van der Waals surface area contributed by atoms with E-state index in [1.165, 1.54) is 6.42 Å². The molecular formula is C8H16N2OS. The smallest absolute Gasteiger partial charge is 0.232 e. The van der Waals surface area contributed by atoms with Gasteiger partial charge in [0.15, 0.2) is 0 Å². The van der Waals surface area contributed by atoms with E-state index in [4.69, 9.17) is 0 Å². The molecule has 3 nitrogen and oxygen atoms in total. The van der Waals surface area contributed by atoms with E-state index < -0.39 is 0 Å². The maximum absolute atomic E-state index is 11.2. The Kier molecular flexibility index (Phi) is 3.88. The molecule has 12 heavy (non-hydrogen) atoms. The molecule has 1 amide bonds. The molecule has 0 saturated carbocycles. The quantitative estimate of drug-likeness (QED) is 0.685. The predicted octanol–water partition coefficient (Wildman–Crippen LogP) is 0.170. The molecule has 0 aliphatic carbocycles. The molecule has 0 spiro atoms. The first-order valence-corrected chi connectivity index (χ1v) is 5.27. The minimum absolute atomic E-state index is 0.215. The van der Waals surface area contributed by atoms with Crippen molar-refractivity contribution < 1.29 is 4.79 Å². The van der Waals surface area contributed by atoms with Gasteiger partial charge in [-0.25, -0.2) is 0 Å². The molecular weight excluding hydrogens is 172 g/mol. The van der Waals surface area contributed by atoms with E-state index in [1.807, 2.05) is 0 Å². The van der Waals surface area contributed by atoms with Crippen molar-refractivity contribution in [1.82, 2.24) is 10.2 Å². The molecule has 0 radical (unpaired) electrons. The van der Waals surface area contributed by atoms with Gasteiger partial charge in [-0.3, -0.25) is 4.79 Å². The Morgan fingerprint density at radius 2 is 2.42 bits per heavy atom. The van der Waals surface area contributed by atoms with Crippen LogP contribution in [0, 0.1) is 0 Å². The van der Waals surface area contributed by atoms with Crippen molar-refractivity contribution in [2.75, 3.05) is 32.9 Å². The van der Waals surface area contributed by atoms with Crippen LogP contribution in [0.15, 0.2) is 0 Å². The van der Waals surface area contributed by atoms with Gasteiger partial charge in [-0.2, -0.15) is 0 Å². The van der Waals surface area contributed by atoms with Crippen LogP contribution in [0.2, 0.25) is 0 Å². The first-order chi connectivity index (χ1) is 5.70. The van der Waals surface area contributed by atoms with Crippen LogP contribution >= 0.6 is 11.8 Å². The first-order valence-electron chi connectivity index (χ1n) is 4.22. The average Bonchev–Trinajstić information content (AvgIpc) is 2.51. The molecule has 0 aromatic heterocycles. The third kappa shape index (κ3) is 3.03. The maximum Gasteiger partial charge on any atom is 0.232 e. The van der Waals surface area contributed by atoms with Crippen LogP contribution in [-0.4, -0.2) is 49.0 Å². The highest BCUT2D eigenvalue weighted by atomic mass is 32.2. The van der Waals surface area contributed by atoms with Crippen LogP contribution in [-0.2, 0) is 4.79 Å². The van der Waals surface area contributed by atoms with Gasteiger partial charge in [-0.1, -0.05) is 0 Å². The molecule has 1 rings (SSSR count). The van der Waals surface area contributed by atoms with Gasteiger partial charge in [0.05, 0.1) is 5.75 Å². The summed E-state index contributed by atoms with van der Waals surface area (Å²) in [6.07, 6.45) is 1.20. The molecule has 1 aliphatic heterocycles. The Hall–Kier alpha value is -0.220. The van der Waals surface area contributed by atoms with Crippen LogP contribution in [0.25, 0.3) is 0 Å². The number of nitrogens with zero attached hydrogens (tertiary/aromatic N) is 1. The van der Waals surface area contributed by atoms with E-state index >= 15 is 0 Å². The van der Waals surface area contributed by atoms with Crippen LogP contribution in [0.5, 0.6) is 0 Å². The highest BCUT2D eigenvalue weighted by molar-refractivity contribution is 8.00. The number of hydrogen-bond donors (Lipinski definition) is 1. The minimum atomic E-state index is 0.215. The molecule has 1 atom stereocenters. The van der Waals surface area contributed by atoms with Crippen molar-refractivity contribution in [2.24, 2.45) is 0 Å². The second-order valence-electron chi connectivity index (χ2n) is 3.21. The van der Waals surface area contributed by atoms with Gasteiger partial charge < -0.3 is 10.2 Å². The zero-order valence-electron chi connectivity index (χ0n) is 7.67. The Morgan fingerprint density at radius 3 is 2.92 bits per heavy atom. The van der Waals surface area contributed by atoms with Crippen molar-refractivity contribution in [2.45, 2.75) is 11.7 Å². The Labute approximate surface area is 77.9 Å². The van der Waals surface area contributed by atoms with Gasteiger partial charge >= 0.3 is 0 Å². The number of hydrogen-bond acceptors (Lipinski definition) is 3. The van der Waals surface area contributed by atoms with Crippen LogP contribution < -0.4 is 5.32 Å². The largest absolute Gasteiger partial charge is 0.348 e. The van der Waals surface area contributed by atoms with Crippen LogP contribution in [0.3, 0.4) is 0 Å². The van der Waals surface area contributed by atoms with E-state index in [0.717, 1.165) is 13.1 Å². The van der Waals surface area contributed by atoms with Gasteiger partial charge in [-0.05, 0) is 13.0 Å². The summed E-state index contributed by atoms with van der Waals surface area (Å²) in [7, 11) is 3.60. The summed E-state index contributed by atoms with van der Waals surface area (Å²) < 4.78 is 0. The van der Waals surface area contributed by atoms with Crippen molar-refractivity contribution in [1.29, 1.82) is 0 Å². The van der Waals surface area contributed by atoms with Gasteiger partial charge in [0.2, 0.25) is 5.91 Å². The van der Waals surface area contributed by atoms with E-state index in [1.54, 1.807) is 30.8 Å². The highest BCUT2D eigenvalue weighted by Crippen LogP contribution is 2.17. The third-order valence-corrected chi connectivity index (χ3v) is 3.24. The lowest BCUT2D eigenvalue weighted by atomic mass is 10.4. The maximum atomic E-state index is 11.2. The summed E-state index contributed by atoms with van der Waals surface area (Å²) >= 11 is 1.77. The summed E-state index contributed by atoms with van der Waals surface area (Å²) in [4.78, 5) is 12.8. The number of amides is 1. The number of carbonyl (C=O) groups is 1. The topological polar surface area (TPSA) is 32.3 Å². The third-order valence-electron chi connectivity index (χ3n) is 1.96. The highest BCUT2D eigenvalue weighted by Gasteiger charge is 2.16. The number of nitrogens with one attached hydrogen (secondary N) is 1.